The van der Waals surface area contributed by atoms with Crippen molar-refractivity contribution in [1.29, 1.82) is 0 Å². The van der Waals surface area contributed by atoms with Crippen molar-refractivity contribution in [2.24, 2.45) is 0 Å². The Balaban J connectivity index is 1.37. The Morgan fingerprint density at radius 3 is 2.78 bits per heavy atom. The lowest BCUT2D eigenvalue weighted by Crippen LogP contribution is -2.30. The lowest BCUT2D eigenvalue weighted by Gasteiger charge is -2.18. The maximum Gasteiger partial charge on any atom is 0.254 e. The topological polar surface area (TPSA) is 73.8 Å². The number of benzene rings is 1. The molecule has 0 N–H and O–H groups in total. The number of nitrogens with zero attached hydrogens (tertiary/aromatic N) is 3. The lowest BCUT2D eigenvalue weighted by atomic mass is 10.1. The molecule has 7 heteroatoms. The maximum atomic E-state index is 13.1. The molecule has 1 aromatic carbocycles. The van der Waals surface area contributed by atoms with E-state index in [1.54, 1.807) is 36.8 Å². The first-order chi connectivity index (χ1) is 15.7. The summed E-state index contributed by atoms with van der Waals surface area (Å²) in [5, 5.41) is 0. The third-order valence-electron chi connectivity index (χ3n) is 5.23. The highest BCUT2D eigenvalue weighted by Crippen LogP contribution is 2.30. The van der Waals surface area contributed by atoms with E-state index in [2.05, 4.69) is 9.97 Å². The van der Waals surface area contributed by atoms with Crippen LogP contribution in [0.5, 0.6) is 11.5 Å². The van der Waals surface area contributed by atoms with Crippen LogP contribution in [0.4, 0.5) is 0 Å². The van der Waals surface area contributed by atoms with Crippen molar-refractivity contribution in [2.75, 3.05) is 19.7 Å². The van der Waals surface area contributed by atoms with Gasteiger partial charge in [-0.2, -0.15) is 0 Å². The lowest BCUT2D eigenvalue weighted by molar-refractivity contribution is 0.0422. The number of ether oxygens (including phenoxy) is 3. The van der Waals surface area contributed by atoms with Gasteiger partial charge < -0.3 is 19.1 Å². The Labute approximate surface area is 188 Å². The minimum Gasteiger partial charge on any atom is -0.490 e. The van der Waals surface area contributed by atoms with Gasteiger partial charge >= 0.3 is 0 Å². The number of carbonyl (C=O) groups excluding carboxylic acids is 1. The van der Waals surface area contributed by atoms with E-state index in [4.69, 9.17) is 14.2 Å². The predicted molar refractivity (Wildman–Crippen MR) is 120 cm³/mol. The molecule has 1 aliphatic rings. The number of hydrogen-bond acceptors (Lipinski definition) is 6. The summed E-state index contributed by atoms with van der Waals surface area (Å²) in [7, 11) is 0. The SMILES string of the molecule is CCOc1cc(C(=O)N2CC[C@@H](OCc3ccccn3)C2)ccc1OCc1cccnc1. The molecular weight excluding hydrogens is 406 g/mol. The molecule has 0 saturated carbocycles. The van der Waals surface area contributed by atoms with Gasteiger partial charge in [-0.3, -0.25) is 14.8 Å². The second-order valence-electron chi connectivity index (χ2n) is 7.54. The van der Waals surface area contributed by atoms with Crippen LogP contribution in [0, 0.1) is 0 Å². The first-order valence-corrected chi connectivity index (χ1v) is 10.8. The van der Waals surface area contributed by atoms with E-state index >= 15 is 0 Å². The van der Waals surface area contributed by atoms with Crippen LogP contribution in [0.2, 0.25) is 0 Å². The summed E-state index contributed by atoms with van der Waals surface area (Å²) in [6.07, 6.45) is 6.06. The summed E-state index contributed by atoms with van der Waals surface area (Å²) >= 11 is 0. The molecule has 3 aromatic rings. The van der Waals surface area contributed by atoms with Crippen molar-refractivity contribution >= 4 is 5.91 Å². The van der Waals surface area contributed by atoms with Gasteiger partial charge in [-0.05, 0) is 49.7 Å². The fourth-order valence-corrected chi connectivity index (χ4v) is 3.59. The van der Waals surface area contributed by atoms with Gasteiger partial charge in [-0.25, -0.2) is 0 Å². The third kappa shape index (κ3) is 5.62. The quantitative estimate of drug-likeness (QED) is 0.510. The summed E-state index contributed by atoms with van der Waals surface area (Å²) in [6.45, 7) is 4.44. The summed E-state index contributed by atoms with van der Waals surface area (Å²) in [5.74, 6) is 1.13. The van der Waals surface area contributed by atoms with Gasteiger partial charge in [0.25, 0.3) is 5.91 Å². The highest BCUT2D eigenvalue weighted by atomic mass is 16.5. The molecule has 32 heavy (non-hydrogen) atoms. The van der Waals surface area contributed by atoms with E-state index in [1.165, 1.54) is 0 Å². The zero-order valence-electron chi connectivity index (χ0n) is 18.1. The zero-order valence-corrected chi connectivity index (χ0v) is 18.1. The van der Waals surface area contributed by atoms with Gasteiger partial charge in [0.1, 0.15) is 6.61 Å². The van der Waals surface area contributed by atoms with Gasteiger partial charge in [0.2, 0.25) is 0 Å². The van der Waals surface area contributed by atoms with Crippen molar-refractivity contribution in [3.05, 3.63) is 83.9 Å². The van der Waals surface area contributed by atoms with E-state index in [1.807, 2.05) is 42.2 Å². The zero-order chi connectivity index (χ0) is 22.2. The van der Waals surface area contributed by atoms with Crippen LogP contribution in [-0.4, -0.2) is 46.6 Å². The first-order valence-electron chi connectivity index (χ1n) is 10.8. The molecule has 166 valence electrons. The molecule has 7 nitrogen and oxygen atoms in total. The Bertz CT molecular complexity index is 1010. The third-order valence-corrected chi connectivity index (χ3v) is 5.23. The number of hydrogen-bond donors (Lipinski definition) is 0. The van der Waals surface area contributed by atoms with Crippen molar-refractivity contribution in [1.82, 2.24) is 14.9 Å². The van der Waals surface area contributed by atoms with Crippen LogP contribution >= 0.6 is 0 Å². The molecule has 4 rings (SSSR count). The summed E-state index contributed by atoms with van der Waals surface area (Å²) in [6, 6.07) is 14.9. The molecule has 0 radical (unpaired) electrons. The highest BCUT2D eigenvalue weighted by molar-refractivity contribution is 5.95. The molecule has 1 saturated heterocycles. The van der Waals surface area contributed by atoms with Gasteiger partial charge in [0, 0.05) is 42.8 Å². The largest absolute Gasteiger partial charge is 0.490 e. The molecule has 1 fully saturated rings. The van der Waals surface area contributed by atoms with Crippen molar-refractivity contribution < 1.29 is 19.0 Å². The number of amides is 1. The molecule has 0 spiro atoms. The van der Waals surface area contributed by atoms with Crippen molar-refractivity contribution in [3.8, 4) is 11.5 Å². The van der Waals surface area contributed by atoms with E-state index in [0.717, 1.165) is 17.7 Å². The molecule has 1 amide bonds. The average Bonchev–Trinajstić information content (AvgIpc) is 3.32. The number of aromatic nitrogens is 2. The van der Waals surface area contributed by atoms with E-state index in [-0.39, 0.29) is 12.0 Å². The number of pyridine rings is 2. The van der Waals surface area contributed by atoms with Crippen LogP contribution in [0.25, 0.3) is 0 Å². The molecule has 1 atom stereocenters. The molecule has 0 bridgehead atoms. The van der Waals surface area contributed by atoms with E-state index in [9.17, 15) is 4.79 Å². The van der Waals surface area contributed by atoms with Gasteiger partial charge in [0.05, 0.1) is 25.0 Å². The highest BCUT2D eigenvalue weighted by Gasteiger charge is 2.28. The maximum absolute atomic E-state index is 13.1. The second kappa shape index (κ2) is 10.7. The van der Waals surface area contributed by atoms with Crippen LogP contribution in [0.1, 0.15) is 35.0 Å². The molecular formula is C25H27N3O4. The van der Waals surface area contributed by atoms with Gasteiger partial charge in [0.15, 0.2) is 11.5 Å². The molecule has 3 heterocycles. The fraction of sp³-hybridized carbons (Fsp3) is 0.320. The summed E-state index contributed by atoms with van der Waals surface area (Å²) < 4.78 is 17.6. The number of likely N-dealkylation sites (tertiary alicyclic amines) is 1. The fourth-order valence-electron chi connectivity index (χ4n) is 3.59. The number of rotatable bonds is 9. The second-order valence-corrected chi connectivity index (χ2v) is 7.54. The average molecular weight is 434 g/mol. The minimum absolute atomic E-state index is 0.00871. The van der Waals surface area contributed by atoms with Crippen LogP contribution in [0.3, 0.4) is 0 Å². The van der Waals surface area contributed by atoms with Crippen LogP contribution in [0.15, 0.2) is 67.1 Å². The Morgan fingerprint density at radius 2 is 2.00 bits per heavy atom. The molecule has 0 unspecified atom stereocenters. The Morgan fingerprint density at radius 1 is 1.06 bits per heavy atom. The van der Waals surface area contributed by atoms with Gasteiger partial charge in [-0.1, -0.05) is 12.1 Å². The standard InChI is InChI=1S/C25H27N3O4/c1-2-30-24-14-20(8-9-23(24)32-17-19-6-5-11-26-15-19)25(29)28-13-10-22(16-28)31-18-21-7-3-4-12-27-21/h3-9,11-12,14-15,22H,2,10,13,16-18H2,1H3/t22-/m1/s1. The van der Waals surface area contributed by atoms with E-state index < -0.39 is 0 Å². The number of carbonyl (C=O) groups is 1. The molecule has 2 aromatic heterocycles. The smallest absolute Gasteiger partial charge is 0.254 e. The monoisotopic (exact) mass is 433 g/mol. The van der Waals surface area contributed by atoms with Crippen molar-refractivity contribution in [2.45, 2.75) is 32.7 Å². The first kappa shape index (κ1) is 21.8. The van der Waals surface area contributed by atoms with Gasteiger partial charge in [-0.15, -0.1) is 0 Å². The normalized spacial score (nSPS) is 15.5. The van der Waals surface area contributed by atoms with E-state index in [0.29, 0.717) is 50.0 Å². The summed E-state index contributed by atoms with van der Waals surface area (Å²) in [5.41, 5.74) is 2.43. The Kier molecular flexibility index (Phi) is 7.30. The van der Waals surface area contributed by atoms with Crippen LogP contribution in [-0.2, 0) is 18.0 Å². The molecule has 1 aliphatic heterocycles. The predicted octanol–water partition coefficient (Wildman–Crippen LogP) is 3.89. The van der Waals surface area contributed by atoms with Crippen LogP contribution < -0.4 is 9.47 Å². The Hall–Kier alpha value is -3.45. The minimum atomic E-state index is -0.0336. The van der Waals surface area contributed by atoms with Crippen molar-refractivity contribution in [3.63, 3.8) is 0 Å². The summed E-state index contributed by atoms with van der Waals surface area (Å²) in [4.78, 5) is 23.3. The molecule has 0 aliphatic carbocycles.